The van der Waals surface area contributed by atoms with E-state index in [-0.39, 0.29) is 13.0 Å². The first kappa shape index (κ1) is 17.0. The summed E-state index contributed by atoms with van der Waals surface area (Å²) in [6.45, 7) is 0.110. The molecule has 0 spiro atoms. The third kappa shape index (κ3) is 4.81. The standard InChI is InChI=1S/C16H19N3O4/c17-19-18-14-7-4-8-16(14,22)10-13(20)9-15(21)23-11-12-5-2-1-3-6-12/h1-3,5-6,14,22H,4,7-11H2/t14-,16+/m0/s1. The molecular formula is C16H19N3O4. The van der Waals surface area contributed by atoms with Gasteiger partial charge in [-0.15, -0.1) is 0 Å². The molecule has 0 saturated heterocycles. The van der Waals surface area contributed by atoms with Crippen LogP contribution in [0.25, 0.3) is 10.4 Å². The molecule has 23 heavy (non-hydrogen) atoms. The highest BCUT2D eigenvalue weighted by Crippen LogP contribution is 2.35. The molecule has 0 bridgehead atoms. The number of hydrogen-bond donors (Lipinski definition) is 1. The van der Waals surface area contributed by atoms with Crippen molar-refractivity contribution in [2.75, 3.05) is 0 Å². The van der Waals surface area contributed by atoms with Gasteiger partial charge in [-0.2, -0.15) is 0 Å². The summed E-state index contributed by atoms with van der Waals surface area (Å²) in [4.78, 5) is 26.4. The number of esters is 1. The van der Waals surface area contributed by atoms with Gasteiger partial charge in [0.15, 0.2) is 0 Å². The lowest BCUT2D eigenvalue weighted by atomic mass is 9.91. The lowest BCUT2D eigenvalue weighted by Gasteiger charge is -2.26. The Balaban J connectivity index is 1.82. The van der Waals surface area contributed by atoms with Crippen LogP contribution in [0.15, 0.2) is 35.4 Å². The molecule has 122 valence electrons. The van der Waals surface area contributed by atoms with Crippen molar-refractivity contribution in [1.82, 2.24) is 0 Å². The van der Waals surface area contributed by atoms with E-state index in [1.54, 1.807) is 0 Å². The number of ketones is 1. The minimum absolute atomic E-state index is 0.110. The van der Waals surface area contributed by atoms with Crippen LogP contribution in [0.4, 0.5) is 0 Å². The van der Waals surface area contributed by atoms with Crippen molar-refractivity contribution in [3.05, 3.63) is 46.3 Å². The molecule has 1 aliphatic rings. The Morgan fingerprint density at radius 2 is 2.13 bits per heavy atom. The highest BCUT2D eigenvalue weighted by atomic mass is 16.5. The number of azide groups is 1. The molecule has 0 unspecified atom stereocenters. The molecule has 1 fully saturated rings. The van der Waals surface area contributed by atoms with Gasteiger partial charge < -0.3 is 9.84 Å². The summed E-state index contributed by atoms with van der Waals surface area (Å²) in [5, 5.41) is 14.0. The van der Waals surface area contributed by atoms with Gasteiger partial charge >= 0.3 is 5.97 Å². The van der Waals surface area contributed by atoms with E-state index >= 15 is 0 Å². The van der Waals surface area contributed by atoms with E-state index in [0.29, 0.717) is 19.3 Å². The quantitative estimate of drug-likeness (QED) is 0.274. The summed E-state index contributed by atoms with van der Waals surface area (Å²) in [5.41, 5.74) is 8.00. The number of carbonyl (C=O) groups excluding carboxylic acids is 2. The van der Waals surface area contributed by atoms with Gasteiger partial charge in [0, 0.05) is 11.3 Å². The van der Waals surface area contributed by atoms with Crippen molar-refractivity contribution in [3.8, 4) is 0 Å². The number of aliphatic hydroxyl groups is 1. The van der Waals surface area contributed by atoms with Crippen LogP contribution < -0.4 is 0 Å². The second kappa shape index (κ2) is 7.76. The topological polar surface area (TPSA) is 112 Å². The van der Waals surface area contributed by atoms with Gasteiger partial charge in [0.2, 0.25) is 0 Å². The predicted molar refractivity (Wildman–Crippen MR) is 82.2 cm³/mol. The molecule has 0 amide bonds. The van der Waals surface area contributed by atoms with E-state index < -0.39 is 29.8 Å². The van der Waals surface area contributed by atoms with Crippen LogP contribution >= 0.6 is 0 Å². The summed E-state index contributed by atoms with van der Waals surface area (Å²) in [6, 6.07) is 8.55. The Morgan fingerprint density at radius 3 is 2.83 bits per heavy atom. The number of ether oxygens (including phenoxy) is 1. The van der Waals surface area contributed by atoms with Crippen molar-refractivity contribution in [2.24, 2.45) is 5.11 Å². The van der Waals surface area contributed by atoms with Crippen molar-refractivity contribution in [2.45, 2.75) is 50.4 Å². The number of carbonyl (C=O) groups is 2. The van der Waals surface area contributed by atoms with Crippen LogP contribution in [-0.4, -0.2) is 28.5 Å². The van der Waals surface area contributed by atoms with Crippen molar-refractivity contribution < 1.29 is 19.4 Å². The molecular weight excluding hydrogens is 298 g/mol. The van der Waals surface area contributed by atoms with Gasteiger partial charge in [0.05, 0.1) is 11.6 Å². The van der Waals surface area contributed by atoms with Gasteiger partial charge in [0.25, 0.3) is 0 Å². The second-order valence-corrected chi connectivity index (χ2v) is 5.76. The fourth-order valence-electron chi connectivity index (χ4n) is 2.82. The number of nitrogens with zero attached hydrogens (tertiary/aromatic N) is 3. The van der Waals surface area contributed by atoms with E-state index in [1.165, 1.54) is 0 Å². The summed E-state index contributed by atoms with van der Waals surface area (Å²) in [6.07, 6.45) is 1.04. The fraction of sp³-hybridized carbons (Fsp3) is 0.500. The van der Waals surface area contributed by atoms with Gasteiger partial charge in [-0.3, -0.25) is 9.59 Å². The minimum Gasteiger partial charge on any atom is -0.460 e. The second-order valence-electron chi connectivity index (χ2n) is 5.76. The molecule has 0 aromatic heterocycles. The number of Topliss-reactive ketones (excluding diaryl/α,β-unsaturated/α-hetero) is 1. The molecule has 1 aromatic rings. The molecule has 2 atom stereocenters. The maximum absolute atomic E-state index is 12.0. The van der Waals surface area contributed by atoms with Crippen molar-refractivity contribution in [1.29, 1.82) is 0 Å². The Bertz CT molecular complexity index is 613. The Morgan fingerprint density at radius 1 is 1.39 bits per heavy atom. The third-order valence-electron chi connectivity index (χ3n) is 3.99. The van der Waals surface area contributed by atoms with Crippen LogP contribution in [-0.2, 0) is 20.9 Å². The fourth-order valence-corrected chi connectivity index (χ4v) is 2.82. The minimum atomic E-state index is -1.34. The molecule has 7 nitrogen and oxygen atoms in total. The van der Waals surface area contributed by atoms with E-state index in [9.17, 15) is 14.7 Å². The molecule has 1 saturated carbocycles. The Hall–Kier alpha value is -2.37. The van der Waals surface area contributed by atoms with Crippen LogP contribution in [0, 0.1) is 0 Å². The summed E-state index contributed by atoms with van der Waals surface area (Å²) < 4.78 is 5.05. The summed E-state index contributed by atoms with van der Waals surface area (Å²) in [7, 11) is 0. The predicted octanol–water partition coefficient (Wildman–Crippen LogP) is 2.67. The summed E-state index contributed by atoms with van der Waals surface area (Å²) in [5.74, 6) is -1.04. The number of rotatable bonds is 7. The zero-order chi connectivity index (χ0) is 16.7. The van der Waals surface area contributed by atoms with Gasteiger partial charge in [-0.1, -0.05) is 41.9 Å². The largest absolute Gasteiger partial charge is 0.460 e. The molecule has 0 radical (unpaired) electrons. The van der Waals surface area contributed by atoms with Crippen LogP contribution in [0.5, 0.6) is 0 Å². The van der Waals surface area contributed by atoms with Gasteiger partial charge in [-0.05, 0) is 23.9 Å². The van der Waals surface area contributed by atoms with E-state index in [2.05, 4.69) is 10.0 Å². The number of benzene rings is 1. The van der Waals surface area contributed by atoms with Gasteiger partial charge in [0.1, 0.15) is 18.8 Å². The first-order valence-electron chi connectivity index (χ1n) is 7.51. The first-order chi connectivity index (χ1) is 11.0. The molecule has 1 N–H and O–H groups in total. The van der Waals surface area contributed by atoms with Crippen LogP contribution in [0.3, 0.4) is 0 Å². The Labute approximate surface area is 133 Å². The third-order valence-corrected chi connectivity index (χ3v) is 3.99. The highest BCUT2D eigenvalue weighted by molar-refractivity contribution is 5.96. The zero-order valence-electron chi connectivity index (χ0n) is 12.7. The zero-order valence-corrected chi connectivity index (χ0v) is 12.7. The maximum atomic E-state index is 12.0. The number of hydrogen-bond acceptors (Lipinski definition) is 5. The SMILES string of the molecule is [N-]=[N+]=N[C@H]1CCC[C@@]1(O)CC(=O)CC(=O)OCc1ccccc1. The van der Waals surface area contributed by atoms with Crippen molar-refractivity contribution >= 4 is 11.8 Å². The molecule has 2 rings (SSSR count). The lowest BCUT2D eigenvalue weighted by Crippen LogP contribution is -2.38. The first-order valence-corrected chi connectivity index (χ1v) is 7.51. The normalized spacial score (nSPS) is 23.1. The highest BCUT2D eigenvalue weighted by Gasteiger charge is 2.42. The smallest absolute Gasteiger partial charge is 0.313 e. The molecule has 7 heteroatoms. The van der Waals surface area contributed by atoms with E-state index in [4.69, 9.17) is 10.3 Å². The van der Waals surface area contributed by atoms with E-state index in [0.717, 1.165) is 5.56 Å². The molecule has 0 aliphatic heterocycles. The molecule has 1 aromatic carbocycles. The van der Waals surface area contributed by atoms with Crippen LogP contribution in [0.1, 0.15) is 37.7 Å². The van der Waals surface area contributed by atoms with Crippen LogP contribution in [0.2, 0.25) is 0 Å². The average molecular weight is 317 g/mol. The summed E-state index contributed by atoms with van der Waals surface area (Å²) >= 11 is 0. The van der Waals surface area contributed by atoms with Crippen molar-refractivity contribution in [3.63, 3.8) is 0 Å². The average Bonchev–Trinajstić information content (AvgIpc) is 2.87. The lowest BCUT2D eigenvalue weighted by molar-refractivity contribution is -0.148. The Kier molecular flexibility index (Phi) is 5.73. The maximum Gasteiger partial charge on any atom is 0.313 e. The van der Waals surface area contributed by atoms with E-state index in [1.807, 2.05) is 30.3 Å². The monoisotopic (exact) mass is 317 g/mol. The molecule has 0 heterocycles. The van der Waals surface area contributed by atoms with Gasteiger partial charge in [-0.25, -0.2) is 0 Å². The molecule has 1 aliphatic carbocycles.